The van der Waals surface area contributed by atoms with Gasteiger partial charge in [0.15, 0.2) is 0 Å². The summed E-state index contributed by atoms with van der Waals surface area (Å²) in [5.74, 6) is 0.577. The molecule has 0 atom stereocenters. The van der Waals surface area contributed by atoms with Crippen molar-refractivity contribution < 1.29 is 9.21 Å². The van der Waals surface area contributed by atoms with Crippen molar-refractivity contribution in [1.82, 2.24) is 20.0 Å². The fraction of sp³-hybridized carbons (Fsp3) is 0.286. The van der Waals surface area contributed by atoms with Gasteiger partial charge >= 0.3 is 0 Å². The largest absolute Gasteiger partial charge is 0.419 e. The lowest BCUT2D eigenvalue weighted by Gasteiger charge is -1.99. The molecule has 3 heterocycles. The number of nitrogens with zero attached hydrogens (tertiary/aromatic N) is 4. The van der Waals surface area contributed by atoms with E-state index in [0.717, 1.165) is 21.8 Å². The number of hydrogen-bond acceptors (Lipinski definition) is 6. The summed E-state index contributed by atoms with van der Waals surface area (Å²) in [6.45, 7) is 5.67. The van der Waals surface area contributed by atoms with E-state index in [9.17, 15) is 4.79 Å². The molecule has 0 aromatic carbocycles. The molecule has 0 fully saturated rings. The zero-order valence-electron chi connectivity index (χ0n) is 12.0. The van der Waals surface area contributed by atoms with E-state index >= 15 is 0 Å². The molecule has 3 aromatic rings. The van der Waals surface area contributed by atoms with Crippen LogP contribution >= 0.6 is 11.3 Å². The van der Waals surface area contributed by atoms with Crippen molar-refractivity contribution in [3.05, 3.63) is 40.4 Å². The summed E-state index contributed by atoms with van der Waals surface area (Å²) in [5.41, 5.74) is 2.69. The van der Waals surface area contributed by atoms with Gasteiger partial charge in [-0.1, -0.05) is 0 Å². The van der Waals surface area contributed by atoms with Crippen molar-refractivity contribution in [1.29, 1.82) is 0 Å². The summed E-state index contributed by atoms with van der Waals surface area (Å²) in [4.78, 5) is 13.1. The lowest BCUT2D eigenvalue weighted by molar-refractivity contribution is 0.0887. The van der Waals surface area contributed by atoms with E-state index in [1.807, 2.05) is 38.3 Å². The molecule has 21 heavy (non-hydrogen) atoms. The third-order valence-corrected chi connectivity index (χ3v) is 4.08. The first-order chi connectivity index (χ1) is 10.0. The van der Waals surface area contributed by atoms with Gasteiger partial charge in [-0.2, -0.15) is 5.10 Å². The molecule has 7 heteroatoms. The van der Waals surface area contributed by atoms with Crippen LogP contribution in [0.15, 0.2) is 21.9 Å². The van der Waals surface area contributed by atoms with Gasteiger partial charge in [0.1, 0.15) is 6.42 Å². The summed E-state index contributed by atoms with van der Waals surface area (Å²) in [6, 6.07) is 3.84. The summed E-state index contributed by atoms with van der Waals surface area (Å²) in [5, 5.41) is 14.1. The molecule has 0 saturated heterocycles. The van der Waals surface area contributed by atoms with E-state index in [1.54, 1.807) is 0 Å². The zero-order chi connectivity index (χ0) is 15.0. The Balaban J connectivity index is 1.80. The van der Waals surface area contributed by atoms with Crippen LogP contribution in [0.4, 0.5) is 0 Å². The van der Waals surface area contributed by atoms with Gasteiger partial charge < -0.3 is 4.42 Å². The fourth-order valence-corrected chi connectivity index (χ4v) is 2.94. The maximum absolute atomic E-state index is 12.2. The normalized spacial score (nSPS) is 11.0. The molecule has 0 radical (unpaired) electrons. The molecule has 0 unspecified atom stereocenters. The summed E-state index contributed by atoms with van der Waals surface area (Å²) < 4.78 is 6.94. The molecular formula is C14H14N4O2S. The fourth-order valence-electron chi connectivity index (χ4n) is 2.09. The SMILES string of the molecule is Cc1cc(C)n(C(=O)Cc2nnc(-c3sccc3C)o2)n1. The highest BCUT2D eigenvalue weighted by molar-refractivity contribution is 7.13. The highest BCUT2D eigenvalue weighted by atomic mass is 32.1. The van der Waals surface area contributed by atoms with Crippen LogP contribution in [0, 0.1) is 20.8 Å². The van der Waals surface area contributed by atoms with Crippen molar-refractivity contribution in [2.45, 2.75) is 27.2 Å². The molecule has 0 saturated carbocycles. The van der Waals surface area contributed by atoms with Crippen molar-refractivity contribution in [2.24, 2.45) is 0 Å². The molecular weight excluding hydrogens is 288 g/mol. The number of aryl methyl sites for hydroxylation is 3. The Labute approximate surface area is 125 Å². The molecule has 6 nitrogen and oxygen atoms in total. The number of aromatic nitrogens is 4. The zero-order valence-corrected chi connectivity index (χ0v) is 12.8. The molecule has 0 aliphatic heterocycles. The van der Waals surface area contributed by atoms with Gasteiger partial charge in [-0.05, 0) is 43.8 Å². The van der Waals surface area contributed by atoms with Gasteiger partial charge in [-0.3, -0.25) is 4.79 Å². The standard InChI is InChI=1S/C14H14N4O2S/c1-8-4-5-21-13(8)14-16-15-11(20-14)7-12(19)18-10(3)6-9(2)17-18/h4-6H,7H2,1-3H3. The molecule has 0 aliphatic rings. The first-order valence-electron chi connectivity index (χ1n) is 6.48. The monoisotopic (exact) mass is 302 g/mol. The minimum atomic E-state index is -0.182. The Morgan fingerprint density at radius 3 is 2.76 bits per heavy atom. The van der Waals surface area contributed by atoms with Crippen molar-refractivity contribution in [3.8, 4) is 10.8 Å². The van der Waals surface area contributed by atoms with Crippen LogP contribution in [-0.4, -0.2) is 25.9 Å². The predicted molar refractivity (Wildman–Crippen MR) is 78.4 cm³/mol. The number of carbonyl (C=O) groups excluding carboxylic acids is 1. The van der Waals surface area contributed by atoms with Crippen molar-refractivity contribution in [3.63, 3.8) is 0 Å². The van der Waals surface area contributed by atoms with Gasteiger partial charge in [0.2, 0.25) is 5.89 Å². The van der Waals surface area contributed by atoms with Crippen molar-refractivity contribution in [2.75, 3.05) is 0 Å². The third kappa shape index (κ3) is 2.64. The highest BCUT2D eigenvalue weighted by Crippen LogP contribution is 2.27. The van der Waals surface area contributed by atoms with Crippen LogP contribution in [0.2, 0.25) is 0 Å². The maximum Gasteiger partial charge on any atom is 0.258 e. The maximum atomic E-state index is 12.2. The summed E-state index contributed by atoms with van der Waals surface area (Å²) in [6.07, 6.45) is 0.0411. The van der Waals surface area contributed by atoms with E-state index in [1.165, 1.54) is 16.0 Å². The van der Waals surface area contributed by atoms with Gasteiger partial charge in [0, 0.05) is 5.69 Å². The average Bonchev–Trinajstić information content (AvgIpc) is 3.10. The third-order valence-electron chi connectivity index (χ3n) is 3.07. The lowest BCUT2D eigenvalue weighted by Crippen LogP contribution is -2.16. The quantitative estimate of drug-likeness (QED) is 0.743. The lowest BCUT2D eigenvalue weighted by atomic mass is 10.3. The molecule has 0 spiro atoms. The second-order valence-electron chi connectivity index (χ2n) is 4.84. The topological polar surface area (TPSA) is 73.8 Å². The van der Waals surface area contributed by atoms with E-state index in [2.05, 4.69) is 15.3 Å². The predicted octanol–water partition coefficient (Wildman–Crippen LogP) is 2.80. The van der Waals surface area contributed by atoms with E-state index < -0.39 is 0 Å². The smallest absolute Gasteiger partial charge is 0.258 e. The molecule has 0 N–H and O–H groups in total. The minimum Gasteiger partial charge on any atom is -0.419 e. The Morgan fingerprint density at radius 2 is 2.14 bits per heavy atom. The average molecular weight is 302 g/mol. The Bertz CT molecular complexity index is 800. The Morgan fingerprint density at radius 1 is 1.33 bits per heavy atom. The van der Waals surface area contributed by atoms with Gasteiger partial charge in [0.25, 0.3) is 11.8 Å². The number of thiophene rings is 1. The molecule has 3 rings (SSSR count). The molecule has 0 amide bonds. The summed E-state index contributed by atoms with van der Waals surface area (Å²) >= 11 is 1.54. The highest BCUT2D eigenvalue weighted by Gasteiger charge is 2.17. The van der Waals surface area contributed by atoms with Crippen LogP contribution in [0.3, 0.4) is 0 Å². The Kier molecular flexibility index (Phi) is 3.42. The van der Waals surface area contributed by atoms with E-state index in [0.29, 0.717) is 11.8 Å². The minimum absolute atomic E-state index is 0.0411. The summed E-state index contributed by atoms with van der Waals surface area (Å²) in [7, 11) is 0. The van der Waals surface area contributed by atoms with Crippen LogP contribution in [-0.2, 0) is 6.42 Å². The second kappa shape index (κ2) is 5.25. The van der Waals surface area contributed by atoms with Crippen molar-refractivity contribution >= 4 is 17.2 Å². The van der Waals surface area contributed by atoms with Gasteiger partial charge in [-0.15, -0.1) is 21.5 Å². The first kappa shape index (κ1) is 13.7. The number of carbonyl (C=O) groups is 1. The van der Waals surface area contributed by atoms with Crippen LogP contribution in [0.25, 0.3) is 10.8 Å². The molecule has 0 bridgehead atoms. The van der Waals surface area contributed by atoms with Gasteiger partial charge in [-0.25, -0.2) is 4.68 Å². The van der Waals surface area contributed by atoms with E-state index in [-0.39, 0.29) is 12.3 Å². The number of rotatable bonds is 3. The first-order valence-corrected chi connectivity index (χ1v) is 7.36. The van der Waals surface area contributed by atoms with E-state index in [4.69, 9.17) is 4.42 Å². The molecule has 3 aromatic heterocycles. The number of hydrogen-bond donors (Lipinski definition) is 0. The molecule has 0 aliphatic carbocycles. The van der Waals surface area contributed by atoms with Crippen LogP contribution < -0.4 is 0 Å². The van der Waals surface area contributed by atoms with Crippen LogP contribution in [0.5, 0.6) is 0 Å². The second-order valence-corrected chi connectivity index (χ2v) is 5.76. The van der Waals surface area contributed by atoms with Crippen LogP contribution in [0.1, 0.15) is 27.6 Å². The Hall–Kier alpha value is -2.28. The molecule has 108 valence electrons. The van der Waals surface area contributed by atoms with Gasteiger partial charge in [0.05, 0.1) is 10.6 Å².